The lowest BCUT2D eigenvalue weighted by molar-refractivity contribution is -0.0129. The molecule has 0 aromatic rings. The predicted molar refractivity (Wildman–Crippen MR) is 43.8 cm³/mol. The van der Waals surface area contributed by atoms with Crippen molar-refractivity contribution in [2.75, 3.05) is 20.2 Å². The number of piperidine rings is 1. The number of rotatable bonds is 0. The molecule has 4 nitrogen and oxygen atoms in total. The molecule has 0 saturated carbocycles. The number of aliphatic hydroxyl groups is 1. The topological polar surface area (TPSA) is 49.8 Å². The molecule has 0 radical (unpaired) electrons. The van der Waals surface area contributed by atoms with Gasteiger partial charge in [0.25, 0.3) is 0 Å². The lowest BCUT2D eigenvalue weighted by atomic mass is 9.96. The second-order valence-corrected chi connectivity index (χ2v) is 3.49. The van der Waals surface area contributed by atoms with Crippen LogP contribution in [0.1, 0.15) is 19.8 Å². The number of methoxy groups -OCH3 is 1. The van der Waals surface area contributed by atoms with E-state index < -0.39 is 5.60 Å². The van der Waals surface area contributed by atoms with Crippen molar-refractivity contribution < 1.29 is 14.6 Å². The zero-order valence-electron chi connectivity index (χ0n) is 7.54. The molecule has 1 aliphatic heterocycles. The van der Waals surface area contributed by atoms with Gasteiger partial charge in [-0.25, -0.2) is 4.79 Å². The number of hydrogen-bond donors (Lipinski definition) is 1. The van der Waals surface area contributed by atoms with E-state index in [1.54, 1.807) is 6.92 Å². The van der Waals surface area contributed by atoms with Gasteiger partial charge in [0.2, 0.25) is 0 Å². The molecule has 1 N–H and O–H groups in total. The molecule has 1 fully saturated rings. The molecule has 0 aliphatic carbocycles. The minimum Gasteiger partial charge on any atom is -0.453 e. The van der Waals surface area contributed by atoms with E-state index in [0.29, 0.717) is 13.1 Å². The molecule has 1 atom stereocenters. The van der Waals surface area contributed by atoms with E-state index in [4.69, 9.17) is 0 Å². The van der Waals surface area contributed by atoms with Crippen LogP contribution in [0.5, 0.6) is 0 Å². The van der Waals surface area contributed by atoms with Crippen molar-refractivity contribution in [3.05, 3.63) is 0 Å². The van der Waals surface area contributed by atoms with E-state index in [1.807, 2.05) is 0 Å². The SMILES string of the molecule is COC(=O)N1CCCC(C)(O)C1. The van der Waals surface area contributed by atoms with Crippen LogP contribution < -0.4 is 0 Å². The molecular formula is C8H15NO3. The fourth-order valence-electron chi connectivity index (χ4n) is 1.50. The van der Waals surface area contributed by atoms with E-state index in [1.165, 1.54) is 12.0 Å². The quantitative estimate of drug-likeness (QED) is 0.583. The first-order valence-corrected chi connectivity index (χ1v) is 4.10. The maximum absolute atomic E-state index is 11.0. The van der Waals surface area contributed by atoms with Crippen LogP contribution in [0.4, 0.5) is 4.79 Å². The first-order valence-electron chi connectivity index (χ1n) is 4.10. The smallest absolute Gasteiger partial charge is 0.409 e. The highest BCUT2D eigenvalue weighted by atomic mass is 16.5. The van der Waals surface area contributed by atoms with Gasteiger partial charge in [-0.15, -0.1) is 0 Å². The standard InChI is InChI=1S/C8H15NO3/c1-8(11)4-3-5-9(6-8)7(10)12-2/h11H,3-6H2,1-2H3. The zero-order chi connectivity index (χ0) is 9.19. The number of likely N-dealkylation sites (tertiary alicyclic amines) is 1. The van der Waals surface area contributed by atoms with Gasteiger partial charge >= 0.3 is 6.09 Å². The maximum atomic E-state index is 11.0. The van der Waals surface area contributed by atoms with Crippen molar-refractivity contribution in [3.63, 3.8) is 0 Å². The third-order valence-corrected chi connectivity index (χ3v) is 2.11. The zero-order valence-corrected chi connectivity index (χ0v) is 7.54. The number of hydrogen-bond acceptors (Lipinski definition) is 3. The minimum atomic E-state index is -0.744. The second kappa shape index (κ2) is 3.31. The Morgan fingerprint density at radius 3 is 2.83 bits per heavy atom. The summed E-state index contributed by atoms with van der Waals surface area (Å²) in [5, 5.41) is 9.64. The van der Waals surface area contributed by atoms with E-state index in [2.05, 4.69) is 4.74 Å². The van der Waals surface area contributed by atoms with Crippen molar-refractivity contribution in [1.82, 2.24) is 4.90 Å². The van der Waals surface area contributed by atoms with Crippen LogP contribution in [-0.4, -0.2) is 41.9 Å². The summed E-state index contributed by atoms with van der Waals surface area (Å²) in [4.78, 5) is 12.6. The molecule has 0 bridgehead atoms. The highest BCUT2D eigenvalue weighted by Crippen LogP contribution is 2.20. The van der Waals surface area contributed by atoms with Gasteiger partial charge in [0.15, 0.2) is 0 Å². The lowest BCUT2D eigenvalue weighted by Crippen LogP contribution is -2.48. The van der Waals surface area contributed by atoms with E-state index in [9.17, 15) is 9.90 Å². The summed E-state index contributed by atoms with van der Waals surface area (Å²) >= 11 is 0. The summed E-state index contributed by atoms with van der Waals surface area (Å²) in [5.74, 6) is 0. The molecule has 12 heavy (non-hydrogen) atoms. The van der Waals surface area contributed by atoms with Crippen LogP contribution in [0, 0.1) is 0 Å². The number of β-amino-alcohol motifs (C(OH)–C–C–N with tert-alkyl or cyclic N) is 1. The third kappa shape index (κ3) is 2.11. The number of carbonyl (C=O) groups excluding carboxylic acids is 1. The van der Waals surface area contributed by atoms with Crippen LogP contribution in [0.3, 0.4) is 0 Å². The van der Waals surface area contributed by atoms with Crippen molar-refractivity contribution in [1.29, 1.82) is 0 Å². The third-order valence-electron chi connectivity index (χ3n) is 2.11. The molecule has 0 aromatic carbocycles. The number of amides is 1. The van der Waals surface area contributed by atoms with Gasteiger partial charge in [-0.05, 0) is 19.8 Å². The Labute approximate surface area is 72.1 Å². The van der Waals surface area contributed by atoms with Crippen molar-refractivity contribution >= 4 is 6.09 Å². The first-order chi connectivity index (χ1) is 5.55. The lowest BCUT2D eigenvalue weighted by Gasteiger charge is -2.35. The fourth-order valence-corrected chi connectivity index (χ4v) is 1.50. The van der Waals surface area contributed by atoms with Gasteiger partial charge in [0.05, 0.1) is 19.3 Å². The summed E-state index contributed by atoms with van der Waals surface area (Å²) in [6.45, 7) is 2.80. The van der Waals surface area contributed by atoms with E-state index in [0.717, 1.165) is 12.8 Å². The fraction of sp³-hybridized carbons (Fsp3) is 0.875. The van der Waals surface area contributed by atoms with Gasteiger partial charge in [-0.3, -0.25) is 0 Å². The number of ether oxygens (including phenoxy) is 1. The predicted octanol–water partition coefficient (Wildman–Crippen LogP) is 0.600. The Kier molecular flexibility index (Phi) is 2.57. The Hall–Kier alpha value is -0.770. The van der Waals surface area contributed by atoms with Crippen LogP contribution in [0.25, 0.3) is 0 Å². The molecule has 1 unspecified atom stereocenters. The summed E-state index contributed by atoms with van der Waals surface area (Å²) in [7, 11) is 1.35. The summed E-state index contributed by atoms with van der Waals surface area (Å²) in [6.07, 6.45) is 1.23. The molecule has 1 rings (SSSR count). The molecule has 1 aliphatic rings. The maximum Gasteiger partial charge on any atom is 0.409 e. The normalized spacial score (nSPS) is 30.1. The number of carbonyl (C=O) groups is 1. The Bertz CT molecular complexity index is 179. The van der Waals surface area contributed by atoms with Gasteiger partial charge in [-0.1, -0.05) is 0 Å². The van der Waals surface area contributed by atoms with Crippen LogP contribution in [-0.2, 0) is 4.74 Å². The number of nitrogens with zero attached hydrogens (tertiary/aromatic N) is 1. The molecule has 0 spiro atoms. The van der Waals surface area contributed by atoms with E-state index >= 15 is 0 Å². The average molecular weight is 173 g/mol. The van der Waals surface area contributed by atoms with Gasteiger partial charge in [0, 0.05) is 6.54 Å². The largest absolute Gasteiger partial charge is 0.453 e. The first kappa shape index (κ1) is 9.32. The molecule has 0 aromatic heterocycles. The van der Waals surface area contributed by atoms with Crippen LogP contribution in [0.15, 0.2) is 0 Å². The molecule has 1 saturated heterocycles. The van der Waals surface area contributed by atoms with Crippen molar-refractivity contribution in [3.8, 4) is 0 Å². The molecule has 4 heteroatoms. The van der Waals surface area contributed by atoms with Gasteiger partial charge in [0.1, 0.15) is 0 Å². The van der Waals surface area contributed by atoms with Crippen LogP contribution >= 0.6 is 0 Å². The molecule has 1 amide bonds. The van der Waals surface area contributed by atoms with E-state index in [-0.39, 0.29) is 6.09 Å². The minimum absolute atomic E-state index is 0.352. The van der Waals surface area contributed by atoms with Crippen molar-refractivity contribution in [2.45, 2.75) is 25.4 Å². The monoisotopic (exact) mass is 173 g/mol. The summed E-state index contributed by atoms with van der Waals surface area (Å²) < 4.78 is 4.56. The van der Waals surface area contributed by atoms with Gasteiger partial charge in [-0.2, -0.15) is 0 Å². The second-order valence-electron chi connectivity index (χ2n) is 3.49. The molecule has 70 valence electrons. The Balaban J connectivity index is 2.52. The summed E-state index contributed by atoms with van der Waals surface area (Å²) in [6, 6.07) is 0. The Morgan fingerprint density at radius 2 is 2.33 bits per heavy atom. The highest BCUT2D eigenvalue weighted by molar-refractivity contribution is 5.67. The highest BCUT2D eigenvalue weighted by Gasteiger charge is 2.31. The average Bonchev–Trinajstić information content (AvgIpc) is 2.01. The Morgan fingerprint density at radius 1 is 1.67 bits per heavy atom. The van der Waals surface area contributed by atoms with Gasteiger partial charge < -0.3 is 14.7 Å². The van der Waals surface area contributed by atoms with Crippen molar-refractivity contribution in [2.24, 2.45) is 0 Å². The summed E-state index contributed by atoms with van der Waals surface area (Å²) in [5.41, 5.74) is -0.744. The molecular weight excluding hydrogens is 158 g/mol. The molecule has 1 heterocycles. The van der Waals surface area contributed by atoms with Crippen LogP contribution in [0.2, 0.25) is 0 Å².